The van der Waals surface area contributed by atoms with Gasteiger partial charge in [0.05, 0.1) is 24.6 Å². The molecule has 5 aromatic rings. The number of carbonyl (C=O) groups is 1. The summed E-state index contributed by atoms with van der Waals surface area (Å²) in [6.45, 7) is 7.87. The molecule has 5 nitrogen and oxygen atoms in total. The van der Waals surface area contributed by atoms with Crippen molar-refractivity contribution in [1.82, 2.24) is 19.8 Å². The largest absolute Gasteiger partial charge is 0.331 e. The van der Waals surface area contributed by atoms with Gasteiger partial charge in [-0.2, -0.15) is 0 Å². The Morgan fingerprint density at radius 1 is 0.795 bits per heavy atom. The predicted octanol–water partition coefficient (Wildman–Crippen LogP) is 6.99. The Morgan fingerprint density at radius 3 is 1.80 bits per heavy atom. The van der Waals surface area contributed by atoms with Crippen molar-refractivity contribution in [2.45, 2.75) is 57.8 Å². The number of nitrogens with one attached hydrogen (secondary N) is 1. The maximum atomic E-state index is 14.1. The molecular formula is C39H42N4O. The van der Waals surface area contributed by atoms with Crippen LogP contribution in [-0.2, 0) is 23.3 Å². The van der Waals surface area contributed by atoms with E-state index < -0.39 is 5.54 Å². The zero-order valence-electron chi connectivity index (χ0n) is 25.9. The van der Waals surface area contributed by atoms with Crippen LogP contribution in [0.4, 0.5) is 0 Å². The Balaban J connectivity index is 1.43. The van der Waals surface area contributed by atoms with Crippen molar-refractivity contribution in [1.29, 1.82) is 0 Å². The van der Waals surface area contributed by atoms with Gasteiger partial charge in [-0.05, 0) is 47.9 Å². The third-order valence-electron chi connectivity index (χ3n) is 9.01. The second-order valence-electron chi connectivity index (χ2n) is 12.4. The van der Waals surface area contributed by atoms with Crippen LogP contribution in [0.5, 0.6) is 0 Å². The molecule has 1 fully saturated rings. The first-order valence-corrected chi connectivity index (χ1v) is 15.8. The van der Waals surface area contributed by atoms with Crippen molar-refractivity contribution in [2.24, 2.45) is 5.92 Å². The molecule has 6 rings (SSSR count). The number of carbonyl (C=O) groups excluding carboxylic acids is 1. The Morgan fingerprint density at radius 2 is 1.30 bits per heavy atom. The van der Waals surface area contributed by atoms with Gasteiger partial charge in [-0.25, -0.2) is 4.98 Å². The average molecular weight is 583 g/mol. The van der Waals surface area contributed by atoms with Crippen molar-refractivity contribution in [3.05, 3.63) is 161 Å². The molecule has 2 atom stereocenters. The molecule has 0 saturated carbocycles. The molecule has 1 aliphatic rings. The fraction of sp³-hybridized carbons (Fsp3) is 0.282. The minimum absolute atomic E-state index is 0.112. The van der Waals surface area contributed by atoms with E-state index in [1.165, 1.54) is 5.56 Å². The fourth-order valence-electron chi connectivity index (χ4n) is 6.88. The highest BCUT2D eigenvalue weighted by atomic mass is 16.2. The lowest BCUT2D eigenvalue weighted by molar-refractivity contribution is -0.140. The van der Waals surface area contributed by atoms with Crippen molar-refractivity contribution in [3.63, 3.8) is 0 Å². The molecule has 0 radical (unpaired) electrons. The van der Waals surface area contributed by atoms with E-state index in [9.17, 15) is 4.79 Å². The van der Waals surface area contributed by atoms with E-state index in [2.05, 4.69) is 139 Å². The third kappa shape index (κ3) is 5.72. The van der Waals surface area contributed by atoms with Gasteiger partial charge in [0, 0.05) is 18.3 Å². The van der Waals surface area contributed by atoms with Crippen LogP contribution >= 0.6 is 0 Å². The van der Waals surface area contributed by atoms with Crippen LogP contribution in [0.3, 0.4) is 0 Å². The van der Waals surface area contributed by atoms with Crippen molar-refractivity contribution < 1.29 is 4.79 Å². The summed E-state index contributed by atoms with van der Waals surface area (Å²) in [5.74, 6) is 0.628. The Labute approximate surface area is 261 Å². The van der Waals surface area contributed by atoms with Gasteiger partial charge in [0.15, 0.2) is 0 Å². The molecule has 1 aliphatic heterocycles. The topological polar surface area (TPSA) is 50.2 Å². The zero-order valence-corrected chi connectivity index (χ0v) is 25.9. The first kappa shape index (κ1) is 29.6. The standard InChI is InChI=1S/C39H42N4O/c1-29(2)24-35-26-40-36(25-31-16-8-4-9-17-31)38(44)42(35)27-37-30(3)43(28-41-37)39(32-18-10-5-11-19-32,33-20-12-6-13-21-33)34-22-14-7-15-23-34/h4-23,28-29,35-36,40H,24-27H2,1-3H3/t35-,36-/m0/s1. The third-order valence-corrected chi connectivity index (χ3v) is 9.01. The highest BCUT2D eigenvalue weighted by Crippen LogP contribution is 2.42. The van der Waals surface area contributed by atoms with Crippen molar-refractivity contribution in [2.75, 3.05) is 6.54 Å². The lowest BCUT2D eigenvalue weighted by Crippen LogP contribution is -2.60. The van der Waals surface area contributed by atoms with E-state index in [0.29, 0.717) is 18.9 Å². The second-order valence-corrected chi connectivity index (χ2v) is 12.4. The van der Waals surface area contributed by atoms with Crippen LogP contribution in [0.25, 0.3) is 0 Å². The van der Waals surface area contributed by atoms with Gasteiger partial charge in [-0.3, -0.25) is 4.79 Å². The number of aromatic nitrogens is 2. The summed E-state index contributed by atoms with van der Waals surface area (Å²) in [4.78, 5) is 21.3. The molecule has 0 unspecified atom stereocenters. The maximum Gasteiger partial charge on any atom is 0.240 e. The van der Waals surface area contributed by atoms with Crippen LogP contribution in [0.1, 0.15) is 53.9 Å². The van der Waals surface area contributed by atoms with Crippen LogP contribution in [-0.4, -0.2) is 39.0 Å². The Kier molecular flexibility index (Phi) is 8.76. The lowest BCUT2D eigenvalue weighted by atomic mass is 9.76. The molecule has 1 N–H and O–H groups in total. The van der Waals surface area contributed by atoms with Crippen molar-refractivity contribution >= 4 is 5.91 Å². The predicted molar refractivity (Wildman–Crippen MR) is 177 cm³/mol. The molecule has 44 heavy (non-hydrogen) atoms. The number of hydrogen-bond donors (Lipinski definition) is 1. The first-order valence-electron chi connectivity index (χ1n) is 15.8. The van der Waals surface area contributed by atoms with Crippen LogP contribution in [0.15, 0.2) is 128 Å². The maximum absolute atomic E-state index is 14.1. The summed E-state index contributed by atoms with van der Waals surface area (Å²) < 4.78 is 2.31. The number of benzene rings is 4. The number of hydrogen-bond acceptors (Lipinski definition) is 3. The fourth-order valence-corrected chi connectivity index (χ4v) is 6.88. The Bertz CT molecular complexity index is 1550. The molecule has 1 saturated heterocycles. The van der Waals surface area contributed by atoms with Crippen LogP contribution in [0, 0.1) is 12.8 Å². The van der Waals surface area contributed by atoms with Gasteiger partial charge in [0.1, 0.15) is 5.54 Å². The average Bonchev–Trinajstić information content (AvgIpc) is 3.42. The quantitative estimate of drug-likeness (QED) is 0.181. The number of nitrogens with zero attached hydrogens (tertiary/aromatic N) is 3. The molecule has 4 aromatic carbocycles. The normalized spacial score (nSPS) is 17.3. The van der Waals surface area contributed by atoms with E-state index in [-0.39, 0.29) is 18.0 Å². The van der Waals surface area contributed by atoms with Crippen LogP contribution < -0.4 is 5.32 Å². The van der Waals surface area contributed by atoms with Gasteiger partial charge in [0.25, 0.3) is 0 Å². The summed E-state index contributed by atoms with van der Waals surface area (Å²) in [7, 11) is 0. The minimum atomic E-state index is -0.639. The number of amides is 1. The first-order chi connectivity index (χ1) is 21.5. The van der Waals surface area contributed by atoms with E-state index in [4.69, 9.17) is 4.98 Å². The number of piperazine rings is 1. The molecule has 5 heteroatoms. The molecule has 1 aromatic heterocycles. The summed E-state index contributed by atoms with van der Waals surface area (Å²) in [5.41, 5.74) is 5.98. The van der Waals surface area contributed by atoms with E-state index in [1.807, 2.05) is 24.5 Å². The molecule has 0 spiro atoms. The molecule has 0 bridgehead atoms. The zero-order chi connectivity index (χ0) is 30.5. The van der Waals surface area contributed by atoms with Gasteiger partial charge in [-0.1, -0.05) is 135 Å². The van der Waals surface area contributed by atoms with E-state index in [0.717, 1.165) is 41.0 Å². The van der Waals surface area contributed by atoms with Crippen molar-refractivity contribution in [3.8, 4) is 0 Å². The van der Waals surface area contributed by atoms with E-state index >= 15 is 0 Å². The highest BCUT2D eigenvalue weighted by molar-refractivity contribution is 5.83. The molecule has 1 amide bonds. The Hall–Kier alpha value is -4.48. The van der Waals surface area contributed by atoms with Crippen LogP contribution in [0.2, 0.25) is 0 Å². The highest BCUT2D eigenvalue weighted by Gasteiger charge is 2.41. The summed E-state index contributed by atoms with van der Waals surface area (Å²) in [5, 5.41) is 3.58. The SMILES string of the molecule is Cc1c(CN2C(=O)[C@H](Cc3ccccc3)NC[C@@H]2CC(C)C)ncn1C(c1ccccc1)(c1ccccc1)c1ccccc1. The smallest absolute Gasteiger partial charge is 0.240 e. The summed E-state index contributed by atoms with van der Waals surface area (Å²) in [6.07, 6.45) is 3.60. The number of rotatable bonds is 10. The summed E-state index contributed by atoms with van der Waals surface area (Å²) >= 11 is 0. The monoisotopic (exact) mass is 582 g/mol. The molecule has 2 heterocycles. The van der Waals surface area contributed by atoms with E-state index in [1.54, 1.807) is 0 Å². The second kappa shape index (κ2) is 13.0. The van der Waals surface area contributed by atoms with Gasteiger partial charge >= 0.3 is 0 Å². The molecule has 224 valence electrons. The number of imidazole rings is 1. The minimum Gasteiger partial charge on any atom is -0.331 e. The molecule has 0 aliphatic carbocycles. The molecular weight excluding hydrogens is 540 g/mol. The van der Waals surface area contributed by atoms with Gasteiger partial charge in [0.2, 0.25) is 5.91 Å². The van der Waals surface area contributed by atoms with Gasteiger partial charge < -0.3 is 14.8 Å². The van der Waals surface area contributed by atoms with Gasteiger partial charge in [-0.15, -0.1) is 0 Å². The lowest BCUT2D eigenvalue weighted by Gasteiger charge is -2.41. The summed E-state index contributed by atoms with van der Waals surface area (Å²) in [6, 6.07) is 42.2.